The van der Waals surface area contributed by atoms with Crippen LogP contribution in [0.25, 0.3) is 0 Å². The van der Waals surface area contributed by atoms with Gasteiger partial charge < -0.3 is 15.4 Å². The summed E-state index contributed by atoms with van der Waals surface area (Å²) >= 11 is 0. The Balaban J connectivity index is 2.27. The number of carbonyl (C=O) groups is 2. The second-order valence-corrected chi connectivity index (χ2v) is 4.48. The lowest BCUT2D eigenvalue weighted by molar-refractivity contribution is -0.154. The maximum atomic E-state index is 12.2. The number of aromatic amines is 1. The van der Waals surface area contributed by atoms with Gasteiger partial charge in [0.2, 0.25) is 11.3 Å². The zero-order chi connectivity index (χ0) is 13.9. The van der Waals surface area contributed by atoms with Crippen LogP contribution in [-0.2, 0) is 9.59 Å². The van der Waals surface area contributed by atoms with Gasteiger partial charge in [0, 0.05) is 18.5 Å². The van der Waals surface area contributed by atoms with Gasteiger partial charge in [-0.05, 0) is 19.3 Å². The first kappa shape index (κ1) is 13.1. The van der Waals surface area contributed by atoms with E-state index in [1.165, 1.54) is 18.5 Å². The summed E-state index contributed by atoms with van der Waals surface area (Å²) in [5.74, 6) is -1.82. The molecule has 0 spiro atoms. The molecule has 0 saturated carbocycles. The number of nitrogens with one attached hydrogen (secondary N) is 2. The summed E-state index contributed by atoms with van der Waals surface area (Å²) in [6.45, 7) is 0. The molecule has 0 saturated heterocycles. The number of aliphatic carboxylic acids is 1. The zero-order valence-electron chi connectivity index (χ0n) is 10.2. The number of rotatable bonds is 3. The highest BCUT2D eigenvalue weighted by atomic mass is 16.4. The van der Waals surface area contributed by atoms with E-state index >= 15 is 0 Å². The lowest BCUT2D eigenvalue weighted by atomic mass is 9.76. The van der Waals surface area contributed by atoms with Crippen LogP contribution in [0, 0.1) is 5.41 Å². The molecule has 0 aliphatic heterocycles. The van der Waals surface area contributed by atoms with Crippen LogP contribution in [-0.4, -0.2) is 22.0 Å². The molecule has 100 valence electrons. The number of hydrogen-bond acceptors (Lipinski definition) is 3. The van der Waals surface area contributed by atoms with Gasteiger partial charge in [0.15, 0.2) is 0 Å². The monoisotopic (exact) mass is 262 g/mol. The molecule has 1 unspecified atom stereocenters. The number of allylic oxidation sites excluding steroid dienone is 2. The van der Waals surface area contributed by atoms with Gasteiger partial charge in [0.05, 0.1) is 0 Å². The average molecular weight is 262 g/mol. The second kappa shape index (κ2) is 5.09. The molecule has 1 heterocycles. The Labute approximate surface area is 109 Å². The molecular weight excluding hydrogens is 248 g/mol. The maximum Gasteiger partial charge on any atom is 0.319 e. The highest BCUT2D eigenvalue weighted by Gasteiger charge is 2.45. The van der Waals surface area contributed by atoms with Crippen molar-refractivity contribution in [1.29, 1.82) is 0 Å². The number of carboxylic acid groups (broad SMARTS) is 1. The third-order valence-electron chi connectivity index (χ3n) is 3.29. The van der Waals surface area contributed by atoms with E-state index in [4.69, 9.17) is 0 Å². The summed E-state index contributed by atoms with van der Waals surface area (Å²) in [6, 6.07) is 1.27. The molecule has 1 aromatic rings. The number of H-pyrrole nitrogens is 1. The number of aromatic nitrogens is 1. The van der Waals surface area contributed by atoms with Gasteiger partial charge in [-0.25, -0.2) is 0 Å². The van der Waals surface area contributed by atoms with Crippen molar-refractivity contribution in [1.82, 2.24) is 4.98 Å². The Morgan fingerprint density at radius 2 is 2.16 bits per heavy atom. The van der Waals surface area contributed by atoms with Gasteiger partial charge in [-0.3, -0.25) is 14.4 Å². The molecule has 1 amide bonds. The predicted molar refractivity (Wildman–Crippen MR) is 68.8 cm³/mol. The van der Waals surface area contributed by atoms with Crippen LogP contribution in [0.5, 0.6) is 0 Å². The smallest absolute Gasteiger partial charge is 0.319 e. The molecule has 19 heavy (non-hydrogen) atoms. The second-order valence-electron chi connectivity index (χ2n) is 4.48. The molecular formula is C13H14N2O4. The van der Waals surface area contributed by atoms with Crippen molar-refractivity contribution < 1.29 is 14.7 Å². The van der Waals surface area contributed by atoms with Crippen LogP contribution in [0.4, 0.5) is 5.69 Å². The van der Waals surface area contributed by atoms with E-state index in [-0.39, 0.29) is 24.0 Å². The summed E-state index contributed by atoms with van der Waals surface area (Å²) in [6.07, 6.45) is 7.22. The number of carbonyl (C=O) groups excluding carboxylic acids is 1. The molecule has 1 aromatic heterocycles. The van der Waals surface area contributed by atoms with Gasteiger partial charge in [-0.2, -0.15) is 0 Å². The SMILES string of the molecule is O=C(O)C1(C(=O)Nc2c[nH]ccc2=O)CC=CCC1. The summed E-state index contributed by atoms with van der Waals surface area (Å²) in [5, 5.41) is 11.7. The van der Waals surface area contributed by atoms with E-state index in [2.05, 4.69) is 10.3 Å². The van der Waals surface area contributed by atoms with Gasteiger partial charge in [-0.1, -0.05) is 12.2 Å². The summed E-state index contributed by atoms with van der Waals surface area (Å²) in [5.41, 5.74) is -1.79. The number of pyridine rings is 1. The molecule has 0 fully saturated rings. The number of anilines is 1. The molecule has 1 aliphatic rings. The highest BCUT2D eigenvalue weighted by molar-refractivity contribution is 6.08. The minimum Gasteiger partial charge on any atom is -0.480 e. The fourth-order valence-electron chi connectivity index (χ4n) is 2.09. The summed E-state index contributed by atoms with van der Waals surface area (Å²) < 4.78 is 0. The molecule has 0 radical (unpaired) electrons. The fraction of sp³-hybridized carbons (Fsp3) is 0.308. The Kier molecular flexibility index (Phi) is 3.50. The molecule has 6 nitrogen and oxygen atoms in total. The van der Waals surface area contributed by atoms with E-state index in [0.717, 1.165) is 0 Å². The zero-order valence-corrected chi connectivity index (χ0v) is 10.2. The van der Waals surface area contributed by atoms with Crippen molar-refractivity contribution in [3.63, 3.8) is 0 Å². The summed E-state index contributed by atoms with van der Waals surface area (Å²) in [7, 11) is 0. The first-order valence-corrected chi connectivity index (χ1v) is 5.93. The Hall–Kier alpha value is -2.37. The van der Waals surface area contributed by atoms with Gasteiger partial charge >= 0.3 is 5.97 Å². The Bertz CT molecular complexity index is 590. The maximum absolute atomic E-state index is 12.2. The van der Waals surface area contributed by atoms with Crippen molar-refractivity contribution in [3.05, 3.63) is 40.8 Å². The van der Waals surface area contributed by atoms with Crippen molar-refractivity contribution in [3.8, 4) is 0 Å². The molecule has 6 heteroatoms. The number of carboxylic acids is 1. The molecule has 0 aromatic carbocycles. The minimum absolute atomic E-state index is 0.0580. The van der Waals surface area contributed by atoms with E-state index in [1.54, 1.807) is 6.08 Å². The van der Waals surface area contributed by atoms with Crippen LogP contribution >= 0.6 is 0 Å². The molecule has 2 rings (SSSR count). The highest BCUT2D eigenvalue weighted by Crippen LogP contribution is 2.34. The van der Waals surface area contributed by atoms with Crippen LogP contribution in [0.2, 0.25) is 0 Å². The summed E-state index contributed by atoms with van der Waals surface area (Å²) in [4.78, 5) is 37.8. The standard InChI is InChI=1S/C13H14N2O4/c16-10-4-7-14-8-9(10)15-11(17)13(12(18)19)5-2-1-3-6-13/h1-2,4,7-8H,3,5-6H2,(H,14,16)(H,15,17)(H,18,19). The quantitative estimate of drug-likeness (QED) is 0.561. The molecule has 1 aliphatic carbocycles. The number of hydrogen-bond donors (Lipinski definition) is 3. The minimum atomic E-state index is -1.49. The van der Waals surface area contributed by atoms with Crippen molar-refractivity contribution in [2.45, 2.75) is 19.3 Å². The first-order valence-electron chi connectivity index (χ1n) is 5.93. The fourth-order valence-corrected chi connectivity index (χ4v) is 2.09. The molecule has 0 bridgehead atoms. The van der Waals surface area contributed by atoms with E-state index in [0.29, 0.717) is 6.42 Å². The average Bonchev–Trinajstić information content (AvgIpc) is 2.42. The van der Waals surface area contributed by atoms with Gasteiger partial charge in [0.1, 0.15) is 11.1 Å². The van der Waals surface area contributed by atoms with Crippen LogP contribution in [0.15, 0.2) is 35.4 Å². The molecule has 3 N–H and O–H groups in total. The normalized spacial score (nSPS) is 21.9. The van der Waals surface area contributed by atoms with Gasteiger partial charge in [0.25, 0.3) is 0 Å². The van der Waals surface area contributed by atoms with Crippen molar-refractivity contribution in [2.24, 2.45) is 5.41 Å². The largest absolute Gasteiger partial charge is 0.480 e. The predicted octanol–water partition coefficient (Wildman–Crippen LogP) is 1.12. The van der Waals surface area contributed by atoms with Crippen LogP contribution in [0.1, 0.15) is 19.3 Å². The van der Waals surface area contributed by atoms with E-state index in [9.17, 15) is 19.5 Å². The third-order valence-corrected chi connectivity index (χ3v) is 3.29. The lowest BCUT2D eigenvalue weighted by Crippen LogP contribution is -2.44. The van der Waals surface area contributed by atoms with Crippen LogP contribution in [0.3, 0.4) is 0 Å². The lowest BCUT2D eigenvalue weighted by Gasteiger charge is -2.28. The van der Waals surface area contributed by atoms with E-state index in [1.807, 2.05) is 6.08 Å². The Morgan fingerprint density at radius 1 is 1.37 bits per heavy atom. The number of amides is 1. The van der Waals surface area contributed by atoms with Crippen LogP contribution < -0.4 is 10.7 Å². The third kappa shape index (κ3) is 2.42. The van der Waals surface area contributed by atoms with Crippen molar-refractivity contribution in [2.75, 3.05) is 5.32 Å². The topological polar surface area (TPSA) is 99.3 Å². The van der Waals surface area contributed by atoms with Crippen molar-refractivity contribution >= 4 is 17.6 Å². The van der Waals surface area contributed by atoms with E-state index < -0.39 is 17.3 Å². The Morgan fingerprint density at radius 3 is 2.74 bits per heavy atom. The van der Waals surface area contributed by atoms with Gasteiger partial charge in [-0.15, -0.1) is 0 Å². The first-order chi connectivity index (χ1) is 9.06. The molecule has 1 atom stereocenters.